The van der Waals surface area contributed by atoms with Gasteiger partial charge < -0.3 is 10.1 Å². The molecule has 0 spiro atoms. The lowest BCUT2D eigenvalue weighted by Crippen LogP contribution is -2.40. The van der Waals surface area contributed by atoms with Gasteiger partial charge in [-0.2, -0.15) is 0 Å². The van der Waals surface area contributed by atoms with Crippen molar-refractivity contribution in [1.82, 2.24) is 5.32 Å². The number of piperidine rings is 1. The first kappa shape index (κ1) is 11.4. The van der Waals surface area contributed by atoms with E-state index in [1.165, 1.54) is 6.07 Å². The van der Waals surface area contributed by atoms with Gasteiger partial charge in [0.1, 0.15) is 17.7 Å². The molecule has 1 aliphatic heterocycles. The van der Waals surface area contributed by atoms with Crippen LogP contribution < -0.4 is 10.1 Å². The fourth-order valence-electron chi connectivity index (χ4n) is 2.03. The van der Waals surface area contributed by atoms with Crippen molar-refractivity contribution >= 4 is 0 Å². The molecule has 0 radical (unpaired) electrons. The fraction of sp³-hybridized carbons (Fsp3) is 0.538. The second-order valence-corrected chi connectivity index (χ2v) is 4.53. The van der Waals surface area contributed by atoms with E-state index < -0.39 is 0 Å². The normalized spacial score (nSPS) is 25.4. The van der Waals surface area contributed by atoms with Gasteiger partial charge in [0.25, 0.3) is 0 Å². The molecule has 2 unspecified atom stereocenters. The average molecular weight is 223 g/mol. The Bertz CT molecular complexity index is 367. The Labute approximate surface area is 95.8 Å². The molecule has 0 bridgehead atoms. The quantitative estimate of drug-likeness (QED) is 0.832. The smallest absolute Gasteiger partial charge is 0.129 e. The van der Waals surface area contributed by atoms with Gasteiger partial charge in [0.05, 0.1) is 0 Å². The summed E-state index contributed by atoms with van der Waals surface area (Å²) in [7, 11) is 0. The Morgan fingerprint density at radius 2 is 2.25 bits per heavy atom. The molecule has 0 aliphatic carbocycles. The van der Waals surface area contributed by atoms with Crippen molar-refractivity contribution in [2.75, 3.05) is 6.54 Å². The summed E-state index contributed by atoms with van der Waals surface area (Å²) >= 11 is 0. The van der Waals surface area contributed by atoms with E-state index in [1.807, 2.05) is 6.07 Å². The summed E-state index contributed by atoms with van der Waals surface area (Å²) in [5, 5.41) is 3.36. The van der Waals surface area contributed by atoms with Crippen LogP contribution in [0.1, 0.15) is 25.3 Å². The highest BCUT2D eigenvalue weighted by Crippen LogP contribution is 2.20. The monoisotopic (exact) mass is 223 g/mol. The van der Waals surface area contributed by atoms with Crippen LogP contribution in [0.25, 0.3) is 0 Å². The van der Waals surface area contributed by atoms with Crippen molar-refractivity contribution in [2.24, 2.45) is 0 Å². The first-order chi connectivity index (χ1) is 7.65. The molecule has 0 saturated carbocycles. The average Bonchev–Trinajstić information content (AvgIpc) is 2.24. The van der Waals surface area contributed by atoms with Gasteiger partial charge in [-0.1, -0.05) is 6.07 Å². The third kappa shape index (κ3) is 2.73. The standard InChI is InChI=1S/C13H18FNO/c1-9-3-4-11(8-13(9)14)16-12-5-6-15-10(2)7-12/h3-4,8,10,12,15H,5-7H2,1-2H3. The van der Waals surface area contributed by atoms with Gasteiger partial charge in [-0.05, 0) is 44.9 Å². The number of hydrogen-bond donors (Lipinski definition) is 1. The number of ether oxygens (including phenoxy) is 1. The molecule has 1 aromatic rings. The zero-order valence-corrected chi connectivity index (χ0v) is 9.79. The van der Waals surface area contributed by atoms with Crippen LogP contribution in [-0.4, -0.2) is 18.7 Å². The van der Waals surface area contributed by atoms with Gasteiger partial charge in [0, 0.05) is 12.1 Å². The zero-order valence-electron chi connectivity index (χ0n) is 9.79. The van der Waals surface area contributed by atoms with Gasteiger partial charge >= 0.3 is 0 Å². The second-order valence-electron chi connectivity index (χ2n) is 4.53. The zero-order chi connectivity index (χ0) is 11.5. The Hall–Kier alpha value is -1.09. The maximum absolute atomic E-state index is 13.3. The molecular weight excluding hydrogens is 205 g/mol. The lowest BCUT2D eigenvalue weighted by Gasteiger charge is -2.28. The van der Waals surface area contributed by atoms with Crippen LogP contribution in [0.3, 0.4) is 0 Å². The maximum atomic E-state index is 13.3. The van der Waals surface area contributed by atoms with E-state index in [-0.39, 0.29) is 11.9 Å². The van der Waals surface area contributed by atoms with Gasteiger partial charge in [0.15, 0.2) is 0 Å². The molecule has 3 heteroatoms. The summed E-state index contributed by atoms with van der Waals surface area (Å²) in [4.78, 5) is 0. The van der Waals surface area contributed by atoms with E-state index in [9.17, 15) is 4.39 Å². The van der Waals surface area contributed by atoms with E-state index in [1.54, 1.807) is 13.0 Å². The summed E-state index contributed by atoms with van der Waals surface area (Å²) in [5.74, 6) is 0.446. The van der Waals surface area contributed by atoms with E-state index in [0.29, 0.717) is 17.4 Å². The first-order valence-corrected chi connectivity index (χ1v) is 5.81. The number of aryl methyl sites for hydroxylation is 1. The van der Waals surface area contributed by atoms with Gasteiger partial charge in [0.2, 0.25) is 0 Å². The first-order valence-electron chi connectivity index (χ1n) is 5.81. The minimum absolute atomic E-state index is 0.195. The second kappa shape index (κ2) is 4.83. The Morgan fingerprint density at radius 1 is 1.44 bits per heavy atom. The molecule has 1 aliphatic rings. The molecule has 1 N–H and O–H groups in total. The van der Waals surface area contributed by atoms with Crippen LogP contribution >= 0.6 is 0 Å². The van der Waals surface area contributed by atoms with Crippen molar-refractivity contribution in [3.8, 4) is 5.75 Å². The highest BCUT2D eigenvalue weighted by molar-refractivity contribution is 5.28. The SMILES string of the molecule is Cc1ccc(OC2CCNC(C)C2)cc1F. The molecule has 0 aromatic heterocycles. The summed E-state index contributed by atoms with van der Waals surface area (Å²) in [6.45, 7) is 4.87. The molecule has 88 valence electrons. The van der Waals surface area contributed by atoms with Crippen molar-refractivity contribution in [2.45, 2.75) is 38.8 Å². The molecule has 2 rings (SSSR count). The van der Waals surface area contributed by atoms with E-state index in [2.05, 4.69) is 12.2 Å². The van der Waals surface area contributed by atoms with E-state index in [4.69, 9.17) is 4.74 Å². The van der Waals surface area contributed by atoms with Crippen LogP contribution in [0.5, 0.6) is 5.75 Å². The van der Waals surface area contributed by atoms with Crippen LogP contribution in [-0.2, 0) is 0 Å². The lowest BCUT2D eigenvalue weighted by atomic mass is 10.0. The molecule has 1 fully saturated rings. The topological polar surface area (TPSA) is 21.3 Å². The van der Waals surface area contributed by atoms with Crippen LogP contribution in [0.4, 0.5) is 4.39 Å². The van der Waals surface area contributed by atoms with Gasteiger partial charge in [-0.3, -0.25) is 0 Å². The van der Waals surface area contributed by atoms with E-state index in [0.717, 1.165) is 19.4 Å². The summed E-state index contributed by atoms with van der Waals surface area (Å²) < 4.78 is 19.1. The predicted octanol–water partition coefficient (Wildman–Crippen LogP) is 2.65. The van der Waals surface area contributed by atoms with Gasteiger partial charge in [-0.25, -0.2) is 4.39 Å². The van der Waals surface area contributed by atoms with Crippen LogP contribution in [0.2, 0.25) is 0 Å². The molecular formula is C13H18FNO. The number of hydrogen-bond acceptors (Lipinski definition) is 2. The van der Waals surface area contributed by atoms with Crippen molar-refractivity contribution in [1.29, 1.82) is 0 Å². The number of benzene rings is 1. The molecule has 0 amide bonds. The number of rotatable bonds is 2. The molecule has 2 atom stereocenters. The van der Waals surface area contributed by atoms with E-state index >= 15 is 0 Å². The number of nitrogens with one attached hydrogen (secondary N) is 1. The molecule has 1 aromatic carbocycles. The Kier molecular flexibility index (Phi) is 3.44. The molecule has 2 nitrogen and oxygen atoms in total. The van der Waals surface area contributed by atoms with Gasteiger partial charge in [-0.15, -0.1) is 0 Å². The minimum atomic E-state index is -0.195. The lowest BCUT2D eigenvalue weighted by molar-refractivity contribution is 0.143. The van der Waals surface area contributed by atoms with Crippen LogP contribution in [0, 0.1) is 12.7 Å². The highest BCUT2D eigenvalue weighted by atomic mass is 19.1. The summed E-state index contributed by atoms with van der Waals surface area (Å²) in [5.41, 5.74) is 0.658. The molecule has 1 heterocycles. The fourth-order valence-corrected chi connectivity index (χ4v) is 2.03. The largest absolute Gasteiger partial charge is 0.490 e. The van der Waals surface area contributed by atoms with Crippen molar-refractivity contribution < 1.29 is 9.13 Å². The summed E-state index contributed by atoms with van der Waals surface area (Å²) in [6.07, 6.45) is 2.17. The van der Waals surface area contributed by atoms with Crippen molar-refractivity contribution in [3.05, 3.63) is 29.6 Å². The molecule has 1 saturated heterocycles. The Morgan fingerprint density at radius 3 is 2.94 bits per heavy atom. The Balaban J connectivity index is 2.00. The minimum Gasteiger partial charge on any atom is -0.490 e. The maximum Gasteiger partial charge on any atom is 0.129 e. The number of halogens is 1. The van der Waals surface area contributed by atoms with Crippen LogP contribution in [0.15, 0.2) is 18.2 Å². The third-order valence-electron chi connectivity index (χ3n) is 3.02. The summed E-state index contributed by atoms with van der Waals surface area (Å²) in [6, 6.07) is 5.55. The third-order valence-corrected chi connectivity index (χ3v) is 3.02. The van der Waals surface area contributed by atoms with Crippen molar-refractivity contribution in [3.63, 3.8) is 0 Å². The molecule has 16 heavy (non-hydrogen) atoms. The highest BCUT2D eigenvalue weighted by Gasteiger charge is 2.19. The predicted molar refractivity (Wildman–Crippen MR) is 62.3 cm³/mol.